The van der Waals surface area contributed by atoms with Gasteiger partial charge in [0.2, 0.25) is 0 Å². The van der Waals surface area contributed by atoms with Crippen LogP contribution < -0.4 is 0 Å². The molecule has 4 rings (SSSR count). The van der Waals surface area contributed by atoms with Gasteiger partial charge in [-0.05, 0) is 37.1 Å². The molecule has 2 atom stereocenters. The lowest BCUT2D eigenvalue weighted by molar-refractivity contribution is -0.121. The molecule has 0 spiro atoms. The molecule has 2 aromatic rings. The Morgan fingerprint density at radius 2 is 0.941 bits per heavy atom. The number of hydrogen-bond donors (Lipinski definition) is 0. The largest absolute Gasteiger partial charge is 0.298 e. The Balaban J connectivity index is 1.65. The third kappa shape index (κ3) is 3.57. The van der Waals surface area contributed by atoms with Crippen molar-refractivity contribution in [2.45, 2.75) is 39.5 Å². The van der Waals surface area contributed by atoms with Crippen LogP contribution in [0.5, 0.6) is 0 Å². The third-order valence-electron chi connectivity index (χ3n) is 6.31. The van der Waals surface area contributed by atoms with Crippen LogP contribution in [0.1, 0.15) is 96.9 Å². The van der Waals surface area contributed by atoms with Gasteiger partial charge in [-0.3, -0.25) is 33.6 Å². The van der Waals surface area contributed by atoms with Gasteiger partial charge >= 0.3 is 0 Å². The van der Waals surface area contributed by atoms with Crippen molar-refractivity contribution in [3.8, 4) is 0 Å². The predicted octanol–water partition coefficient (Wildman–Crippen LogP) is 3.65. The maximum Gasteiger partial charge on any atom is 0.193 e. The Kier molecular flexibility index (Phi) is 6.04. The number of carbonyl (C=O) groups is 7. The predicted molar refractivity (Wildman–Crippen MR) is 120 cm³/mol. The highest BCUT2D eigenvalue weighted by molar-refractivity contribution is 6.37. The lowest BCUT2D eigenvalue weighted by atomic mass is 9.95. The summed E-state index contributed by atoms with van der Waals surface area (Å²) in [4.78, 5) is 88.3. The summed E-state index contributed by atoms with van der Waals surface area (Å²) in [6, 6.07) is 8.11. The normalized spacial score (nSPS) is 18.8. The molecule has 7 nitrogen and oxygen atoms in total. The molecule has 0 N–H and O–H groups in total. The SMILES string of the molecule is CCCC(=O)C1C(=O)c2ccc(C(=O)c3ccc4c(c3)C(=O)C(C(=O)CCC)C4=O)cc2C1=O. The Labute approximate surface area is 195 Å². The van der Waals surface area contributed by atoms with Gasteiger partial charge in [0.25, 0.3) is 0 Å². The van der Waals surface area contributed by atoms with E-state index >= 15 is 0 Å². The Bertz CT molecular complexity index is 1210. The van der Waals surface area contributed by atoms with E-state index in [1.54, 1.807) is 13.8 Å². The van der Waals surface area contributed by atoms with Gasteiger partial charge < -0.3 is 0 Å². The lowest BCUT2D eigenvalue weighted by Gasteiger charge is -2.05. The first kappa shape index (κ1) is 23.3. The minimum Gasteiger partial charge on any atom is -0.298 e. The molecular formula is C27H22O7. The molecule has 0 aliphatic heterocycles. The fraction of sp³-hybridized carbons (Fsp3) is 0.296. The molecule has 0 radical (unpaired) electrons. The highest BCUT2D eigenvalue weighted by atomic mass is 16.2. The van der Waals surface area contributed by atoms with Crippen LogP contribution in [0.25, 0.3) is 0 Å². The molecule has 0 saturated heterocycles. The quantitative estimate of drug-likeness (QED) is 0.437. The van der Waals surface area contributed by atoms with E-state index < -0.39 is 52.3 Å². The zero-order valence-corrected chi connectivity index (χ0v) is 18.8. The summed E-state index contributed by atoms with van der Waals surface area (Å²) >= 11 is 0. The topological polar surface area (TPSA) is 119 Å². The molecular weight excluding hydrogens is 436 g/mol. The van der Waals surface area contributed by atoms with Crippen LogP contribution in [0.3, 0.4) is 0 Å². The first-order valence-corrected chi connectivity index (χ1v) is 11.3. The number of fused-ring (bicyclic) bond motifs is 2. The highest BCUT2D eigenvalue weighted by Crippen LogP contribution is 2.32. The summed E-state index contributed by atoms with van der Waals surface area (Å²) in [6.45, 7) is 3.56. The standard InChI is InChI=1S/C27H22O7/c1-3-5-19(28)21-24(31)15-9-7-13(11-17(15)26(21)33)23(30)14-8-10-16-18(12-14)27(34)22(25(16)32)20(29)6-4-2/h7-12,21-22H,3-6H2,1-2H3. The van der Waals surface area contributed by atoms with Crippen molar-refractivity contribution in [3.05, 3.63) is 69.8 Å². The third-order valence-corrected chi connectivity index (χ3v) is 6.31. The second kappa shape index (κ2) is 8.82. The zero-order valence-electron chi connectivity index (χ0n) is 18.8. The molecule has 2 unspecified atom stereocenters. The van der Waals surface area contributed by atoms with Crippen LogP contribution in [0.2, 0.25) is 0 Å². The van der Waals surface area contributed by atoms with E-state index in [0.29, 0.717) is 12.8 Å². The average Bonchev–Trinajstić information content (AvgIpc) is 3.22. The smallest absolute Gasteiger partial charge is 0.193 e. The first-order valence-electron chi connectivity index (χ1n) is 11.3. The molecule has 34 heavy (non-hydrogen) atoms. The second-order valence-electron chi connectivity index (χ2n) is 8.61. The first-order chi connectivity index (χ1) is 16.2. The maximum atomic E-state index is 13.1. The van der Waals surface area contributed by atoms with Gasteiger partial charge in [-0.1, -0.05) is 26.0 Å². The van der Waals surface area contributed by atoms with Crippen LogP contribution in [0.15, 0.2) is 36.4 Å². The van der Waals surface area contributed by atoms with Gasteiger partial charge in [-0.2, -0.15) is 0 Å². The van der Waals surface area contributed by atoms with Crippen molar-refractivity contribution in [3.63, 3.8) is 0 Å². The van der Waals surface area contributed by atoms with Crippen molar-refractivity contribution in [1.29, 1.82) is 0 Å². The van der Waals surface area contributed by atoms with E-state index in [0.717, 1.165) is 0 Å². The zero-order chi connectivity index (χ0) is 24.7. The molecule has 0 amide bonds. The van der Waals surface area contributed by atoms with Gasteiger partial charge in [0.15, 0.2) is 40.5 Å². The summed E-state index contributed by atoms with van der Waals surface area (Å²) in [5.74, 6) is -6.43. The van der Waals surface area contributed by atoms with Crippen molar-refractivity contribution < 1.29 is 33.6 Å². The second-order valence-corrected chi connectivity index (χ2v) is 8.61. The number of Topliss-reactive ketones (excluding diaryl/α,β-unsaturated/α-hetero) is 6. The van der Waals surface area contributed by atoms with E-state index in [9.17, 15) is 33.6 Å². The van der Waals surface area contributed by atoms with Crippen LogP contribution in [-0.4, -0.2) is 40.5 Å². The molecule has 2 aliphatic carbocycles. The highest BCUT2D eigenvalue weighted by Gasteiger charge is 2.44. The molecule has 0 saturated carbocycles. The van der Waals surface area contributed by atoms with Crippen LogP contribution in [0, 0.1) is 11.8 Å². The number of carbonyl (C=O) groups excluding carboxylic acids is 7. The Hall–Kier alpha value is -3.87. The van der Waals surface area contributed by atoms with Crippen molar-refractivity contribution in [1.82, 2.24) is 0 Å². The van der Waals surface area contributed by atoms with E-state index in [4.69, 9.17) is 0 Å². The number of benzene rings is 2. The van der Waals surface area contributed by atoms with Crippen LogP contribution in [-0.2, 0) is 9.59 Å². The molecule has 2 aromatic carbocycles. The maximum absolute atomic E-state index is 13.1. The Morgan fingerprint density at radius 3 is 1.29 bits per heavy atom. The Morgan fingerprint density at radius 1 is 0.588 bits per heavy atom. The van der Waals surface area contributed by atoms with Crippen LogP contribution in [0.4, 0.5) is 0 Å². The summed E-state index contributed by atoms with van der Waals surface area (Å²) in [5.41, 5.74) is 0.509. The van der Waals surface area contributed by atoms with Gasteiger partial charge in [-0.25, -0.2) is 0 Å². The van der Waals surface area contributed by atoms with Gasteiger partial charge in [0.05, 0.1) is 0 Å². The molecule has 0 heterocycles. The summed E-state index contributed by atoms with van der Waals surface area (Å²) in [6.07, 6.45) is 1.26. The van der Waals surface area contributed by atoms with Gasteiger partial charge in [0, 0.05) is 46.2 Å². The minimum atomic E-state index is -1.36. The monoisotopic (exact) mass is 458 g/mol. The summed E-state index contributed by atoms with van der Waals surface area (Å²) in [7, 11) is 0. The molecule has 2 aliphatic rings. The summed E-state index contributed by atoms with van der Waals surface area (Å²) < 4.78 is 0. The van der Waals surface area contributed by atoms with Crippen molar-refractivity contribution in [2.75, 3.05) is 0 Å². The number of ketones is 7. The summed E-state index contributed by atoms with van der Waals surface area (Å²) in [5, 5.41) is 0. The number of hydrogen-bond acceptors (Lipinski definition) is 7. The molecule has 172 valence electrons. The van der Waals surface area contributed by atoms with Crippen molar-refractivity contribution in [2.24, 2.45) is 11.8 Å². The van der Waals surface area contributed by atoms with E-state index in [1.807, 2.05) is 0 Å². The fourth-order valence-corrected chi connectivity index (χ4v) is 4.60. The van der Waals surface area contributed by atoms with Crippen LogP contribution >= 0.6 is 0 Å². The van der Waals surface area contributed by atoms with E-state index in [-0.39, 0.29) is 46.2 Å². The van der Waals surface area contributed by atoms with E-state index in [2.05, 4.69) is 0 Å². The van der Waals surface area contributed by atoms with Gasteiger partial charge in [0.1, 0.15) is 11.8 Å². The van der Waals surface area contributed by atoms with Gasteiger partial charge in [-0.15, -0.1) is 0 Å². The number of rotatable bonds is 8. The average molecular weight is 458 g/mol. The molecule has 7 heteroatoms. The van der Waals surface area contributed by atoms with Crippen molar-refractivity contribution >= 4 is 40.5 Å². The molecule has 0 aromatic heterocycles. The minimum absolute atomic E-state index is 0.0305. The van der Waals surface area contributed by atoms with E-state index in [1.165, 1.54) is 36.4 Å². The molecule has 0 bridgehead atoms. The fourth-order valence-electron chi connectivity index (χ4n) is 4.60. The lowest BCUT2D eigenvalue weighted by Crippen LogP contribution is -2.25. The molecule has 0 fully saturated rings.